The van der Waals surface area contributed by atoms with Crippen LogP contribution in [-0.4, -0.2) is 34.5 Å². The lowest BCUT2D eigenvalue weighted by molar-refractivity contribution is -0.570. The maximum atomic E-state index is 12.1. The SMILES string of the molecule is CCOC(=O)[C@](C)([C@H](C[N+](=O)[O-])c1ccc(Cl)cc1)[N+](=O)[O-]. The maximum absolute atomic E-state index is 12.1. The van der Waals surface area contributed by atoms with Crippen molar-refractivity contribution in [2.75, 3.05) is 13.2 Å². The van der Waals surface area contributed by atoms with E-state index in [1.54, 1.807) is 0 Å². The Kier molecular flexibility index (Phi) is 5.81. The van der Waals surface area contributed by atoms with Gasteiger partial charge in [0.05, 0.1) is 6.61 Å². The maximum Gasteiger partial charge on any atom is 0.385 e. The predicted molar refractivity (Wildman–Crippen MR) is 78.1 cm³/mol. The lowest BCUT2D eigenvalue weighted by Crippen LogP contribution is -2.51. The Balaban J connectivity index is 3.38. The van der Waals surface area contributed by atoms with Gasteiger partial charge in [-0.2, -0.15) is 0 Å². The fourth-order valence-electron chi connectivity index (χ4n) is 2.07. The van der Waals surface area contributed by atoms with E-state index in [0.717, 1.165) is 6.92 Å². The average Bonchev–Trinajstić information content (AvgIpc) is 2.44. The van der Waals surface area contributed by atoms with E-state index in [9.17, 15) is 25.0 Å². The number of carbonyl (C=O) groups is 1. The van der Waals surface area contributed by atoms with E-state index in [2.05, 4.69) is 0 Å². The van der Waals surface area contributed by atoms with E-state index in [1.807, 2.05) is 0 Å². The quantitative estimate of drug-likeness (QED) is 0.430. The molecule has 22 heavy (non-hydrogen) atoms. The molecule has 0 fully saturated rings. The molecule has 0 unspecified atom stereocenters. The molecule has 0 aliphatic rings. The van der Waals surface area contributed by atoms with E-state index in [-0.39, 0.29) is 12.2 Å². The van der Waals surface area contributed by atoms with Crippen molar-refractivity contribution in [1.82, 2.24) is 0 Å². The van der Waals surface area contributed by atoms with Crippen molar-refractivity contribution in [3.8, 4) is 0 Å². The summed E-state index contributed by atoms with van der Waals surface area (Å²) in [4.78, 5) is 32.9. The van der Waals surface area contributed by atoms with Crippen LogP contribution in [0.1, 0.15) is 25.3 Å². The molecule has 0 saturated heterocycles. The highest BCUT2D eigenvalue weighted by Crippen LogP contribution is 2.33. The van der Waals surface area contributed by atoms with Crippen LogP contribution in [-0.2, 0) is 9.53 Å². The summed E-state index contributed by atoms with van der Waals surface area (Å²) in [5.41, 5.74) is -2.00. The Labute approximate surface area is 131 Å². The molecule has 0 spiro atoms. The summed E-state index contributed by atoms with van der Waals surface area (Å²) in [6.07, 6.45) is 0. The molecule has 0 radical (unpaired) electrons. The molecule has 0 aliphatic heterocycles. The van der Waals surface area contributed by atoms with E-state index in [4.69, 9.17) is 16.3 Å². The summed E-state index contributed by atoms with van der Waals surface area (Å²) >= 11 is 5.75. The highest BCUT2D eigenvalue weighted by molar-refractivity contribution is 6.30. The molecule has 0 bridgehead atoms. The van der Waals surface area contributed by atoms with Crippen LogP contribution in [0.2, 0.25) is 5.02 Å². The predicted octanol–water partition coefficient (Wildman–Crippen LogP) is 2.30. The van der Waals surface area contributed by atoms with Gasteiger partial charge in [-0.3, -0.25) is 20.2 Å². The van der Waals surface area contributed by atoms with Crippen LogP contribution < -0.4 is 0 Å². The molecule has 0 amide bonds. The molecule has 2 atom stereocenters. The van der Waals surface area contributed by atoms with Gasteiger partial charge >= 0.3 is 11.5 Å². The van der Waals surface area contributed by atoms with Gasteiger partial charge in [0.25, 0.3) is 0 Å². The van der Waals surface area contributed by atoms with Gasteiger partial charge in [-0.1, -0.05) is 23.7 Å². The van der Waals surface area contributed by atoms with Crippen LogP contribution in [0.25, 0.3) is 0 Å². The van der Waals surface area contributed by atoms with E-state index in [0.29, 0.717) is 5.02 Å². The Hall–Kier alpha value is -2.22. The molecule has 1 aromatic carbocycles. The van der Waals surface area contributed by atoms with Gasteiger partial charge in [0.1, 0.15) is 5.92 Å². The van der Waals surface area contributed by atoms with Crippen LogP contribution in [0.3, 0.4) is 0 Å². The van der Waals surface area contributed by atoms with Crippen molar-refractivity contribution in [2.24, 2.45) is 0 Å². The zero-order chi connectivity index (χ0) is 16.9. The summed E-state index contributed by atoms with van der Waals surface area (Å²) < 4.78 is 4.75. The molecule has 9 heteroatoms. The smallest absolute Gasteiger partial charge is 0.385 e. The number of hydrogen-bond donors (Lipinski definition) is 0. The molecule has 8 nitrogen and oxygen atoms in total. The van der Waals surface area contributed by atoms with Gasteiger partial charge in [0.2, 0.25) is 6.54 Å². The van der Waals surface area contributed by atoms with E-state index >= 15 is 0 Å². The molecule has 1 aromatic rings. The number of halogens is 1. The third kappa shape index (κ3) is 3.70. The minimum atomic E-state index is -2.27. The minimum Gasteiger partial charge on any atom is -0.461 e. The molecule has 0 aromatic heterocycles. The van der Waals surface area contributed by atoms with Gasteiger partial charge in [-0.05, 0) is 24.6 Å². The number of nitrogens with zero attached hydrogens (tertiary/aromatic N) is 2. The van der Waals surface area contributed by atoms with Gasteiger partial charge in [-0.25, -0.2) is 4.79 Å². The molecule has 0 saturated carbocycles. The van der Waals surface area contributed by atoms with E-state index in [1.165, 1.54) is 31.2 Å². The summed E-state index contributed by atoms with van der Waals surface area (Å²) in [6, 6.07) is 5.76. The largest absolute Gasteiger partial charge is 0.461 e. The number of hydrogen-bond acceptors (Lipinski definition) is 6. The zero-order valence-corrected chi connectivity index (χ0v) is 12.8. The lowest BCUT2D eigenvalue weighted by atomic mass is 9.81. The minimum absolute atomic E-state index is 0.0614. The number of carbonyl (C=O) groups excluding carboxylic acids is 1. The van der Waals surface area contributed by atoms with Crippen molar-refractivity contribution in [3.05, 3.63) is 55.1 Å². The normalized spacial score (nSPS) is 14.7. The first-order valence-corrected chi connectivity index (χ1v) is 6.80. The van der Waals surface area contributed by atoms with Crippen LogP contribution in [0.15, 0.2) is 24.3 Å². The molecular weight excluding hydrogens is 316 g/mol. The van der Waals surface area contributed by atoms with Crippen LogP contribution in [0, 0.1) is 20.2 Å². The van der Waals surface area contributed by atoms with E-state index < -0.39 is 33.8 Å². The third-order valence-electron chi connectivity index (χ3n) is 3.35. The first kappa shape index (κ1) is 17.8. The van der Waals surface area contributed by atoms with Gasteiger partial charge in [0, 0.05) is 21.8 Å². The first-order chi connectivity index (χ1) is 10.2. The second kappa shape index (κ2) is 7.17. The van der Waals surface area contributed by atoms with Crippen molar-refractivity contribution in [3.63, 3.8) is 0 Å². The Bertz CT molecular complexity index is 576. The molecule has 0 aliphatic carbocycles. The highest BCUT2D eigenvalue weighted by Gasteiger charge is 2.57. The summed E-state index contributed by atoms with van der Waals surface area (Å²) in [5, 5.41) is 22.7. The molecular formula is C13H15ClN2O6. The number of esters is 1. The molecule has 0 N–H and O–H groups in total. The fourth-order valence-corrected chi connectivity index (χ4v) is 2.20. The fraction of sp³-hybridized carbons (Fsp3) is 0.462. The molecule has 0 heterocycles. The topological polar surface area (TPSA) is 113 Å². The van der Waals surface area contributed by atoms with Crippen molar-refractivity contribution >= 4 is 17.6 Å². The van der Waals surface area contributed by atoms with Crippen LogP contribution >= 0.6 is 11.6 Å². The Morgan fingerprint density at radius 1 is 1.32 bits per heavy atom. The van der Waals surface area contributed by atoms with Gasteiger partial charge in [0.15, 0.2) is 0 Å². The first-order valence-electron chi connectivity index (χ1n) is 6.42. The van der Waals surface area contributed by atoms with Gasteiger partial charge in [-0.15, -0.1) is 0 Å². The lowest BCUT2D eigenvalue weighted by Gasteiger charge is -2.25. The second-order valence-electron chi connectivity index (χ2n) is 4.74. The number of nitro groups is 2. The molecule has 1 rings (SSSR count). The number of benzene rings is 1. The summed E-state index contributed by atoms with van der Waals surface area (Å²) in [5.74, 6) is -2.39. The third-order valence-corrected chi connectivity index (χ3v) is 3.60. The number of rotatable bonds is 7. The average molecular weight is 331 g/mol. The van der Waals surface area contributed by atoms with Crippen molar-refractivity contribution in [1.29, 1.82) is 0 Å². The van der Waals surface area contributed by atoms with Crippen LogP contribution in [0.4, 0.5) is 0 Å². The van der Waals surface area contributed by atoms with Crippen molar-refractivity contribution < 1.29 is 19.4 Å². The summed E-state index contributed by atoms with van der Waals surface area (Å²) in [7, 11) is 0. The monoisotopic (exact) mass is 330 g/mol. The van der Waals surface area contributed by atoms with Crippen LogP contribution in [0.5, 0.6) is 0 Å². The zero-order valence-electron chi connectivity index (χ0n) is 12.0. The molecule has 120 valence electrons. The highest BCUT2D eigenvalue weighted by atomic mass is 35.5. The number of ether oxygens (including phenoxy) is 1. The Morgan fingerprint density at radius 2 is 1.86 bits per heavy atom. The Morgan fingerprint density at radius 3 is 2.27 bits per heavy atom. The standard InChI is InChI=1S/C13H15ClN2O6/c1-3-22-12(17)13(2,16(20)21)11(8-15(18)19)9-4-6-10(14)7-5-9/h4-7,11H,3,8H2,1-2H3/t11-,13+/m1/s1. The summed E-state index contributed by atoms with van der Waals surface area (Å²) in [6.45, 7) is 1.70. The second-order valence-corrected chi connectivity index (χ2v) is 5.18. The van der Waals surface area contributed by atoms with Gasteiger partial charge < -0.3 is 4.74 Å². The van der Waals surface area contributed by atoms with Crippen molar-refractivity contribution in [2.45, 2.75) is 25.3 Å².